The van der Waals surface area contributed by atoms with Crippen LogP contribution in [0, 0.1) is 6.92 Å². The second-order valence-electron chi connectivity index (χ2n) is 6.50. The number of amidine groups is 1. The van der Waals surface area contributed by atoms with E-state index in [4.69, 9.17) is 9.47 Å². The van der Waals surface area contributed by atoms with E-state index >= 15 is 0 Å². The lowest BCUT2D eigenvalue weighted by molar-refractivity contribution is -0.129. The highest BCUT2D eigenvalue weighted by Crippen LogP contribution is 2.39. The van der Waals surface area contributed by atoms with Gasteiger partial charge in [0.25, 0.3) is 0 Å². The number of carbonyl (C=O) groups excluding carboxylic acids is 2. The number of hydrogen-bond donors (Lipinski definition) is 1. The number of nitrogens with one attached hydrogen (secondary N) is 1. The molecule has 7 nitrogen and oxygen atoms in total. The van der Waals surface area contributed by atoms with Crippen molar-refractivity contribution >= 4 is 28.7 Å². The molecular weight excluding hydrogens is 390 g/mol. The van der Waals surface area contributed by atoms with Crippen molar-refractivity contribution in [2.45, 2.75) is 26.1 Å². The highest BCUT2D eigenvalue weighted by atomic mass is 32.2. The predicted octanol–water partition coefficient (Wildman–Crippen LogP) is 3.45. The van der Waals surface area contributed by atoms with Gasteiger partial charge < -0.3 is 14.8 Å². The van der Waals surface area contributed by atoms with Gasteiger partial charge >= 0.3 is 0 Å². The molecule has 29 heavy (non-hydrogen) atoms. The maximum atomic E-state index is 12.0. The quantitative estimate of drug-likeness (QED) is 0.734. The Labute approximate surface area is 174 Å². The Bertz CT molecular complexity index is 914. The minimum Gasteiger partial charge on any atom is -0.490 e. The van der Waals surface area contributed by atoms with E-state index in [1.54, 1.807) is 0 Å². The van der Waals surface area contributed by atoms with Gasteiger partial charge in [0.15, 0.2) is 5.17 Å². The summed E-state index contributed by atoms with van der Waals surface area (Å²) >= 11 is 1.31. The predicted molar refractivity (Wildman–Crippen MR) is 113 cm³/mol. The maximum absolute atomic E-state index is 12.0. The Morgan fingerprint density at radius 3 is 2.41 bits per heavy atom. The molecule has 1 aliphatic heterocycles. The summed E-state index contributed by atoms with van der Waals surface area (Å²) in [6, 6.07) is 15.3. The average molecular weight is 413 g/mol. The number of aryl methyl sites for hydroxylation is 1. The van der Waals surface area contributed by atoms with Crippen LogP contribution in [0.3, 0.4) is 0 Å². The van der Waals surface area contributed by atoms with Crippen LogP contribution >= 0.6 is 11.8 Å². The third-order valence-corrected chi connectivity index (χ3v) is 5.14. The van der Waals surface area contributed by atoms with E-state index in [1.165, 1.54) is 36.2 Å². The third-order valence-electron chi connectivity index (χ3n) is 4.03. The number of hydrogen-bond acceptors (Lipinski definition) is 6. The van der Waals surface area contributed by atoms with Crippen LogP contribution in [0.4, 0.5) is 0 Å². The summed E-state index contributed by atoms with van der Waals surface area (Å²) in [5, 5.41) is 8.23. The number of benzene rings is 2. The number of ether oxygens (including phenoxy) is 2. The molecule has 3 rings (SSSR count). The Kier molecular flexibility index (Phi) is 6.77. The molecule has 2 aromatic rings. The normalized spacial score (nSPS) is 15.6. The topological polar surface area (TPSA) is 80.2 Å². The van der Waals surface area contributed by atoms with E-state index in [-0.39, 0.29) is 17.2 Å². The Balaban J connectivity index is 1.59. The van der Waals surface area contributed by atoms with E-state index in [0.717, 1.165) is 11.3 Å². The van der Waals surface area contributed by atoms with Crippen molar-refractivity contribution < 1.29 is 19.1 Å². The standard InChI is InChI=1S/C21H23N3O4S/c1-14-7-9-18(10-8-14)27-11-12-28-19-6-4-5-17(13-19)20-24(16(3)26)23-21(29-20)22-15(2)25/h4-10,13,20H,11-12H2,1-3H3,(H,22,23,25). The molecule has 2 amide bonds. The minimum atomic E-state index is -0.360. The molecule has 0 saturated heterocycles. The molecule has 0 spiro atoms. The fraction of sp³-hybridized carbons (Fsp3) is 0.286. The SMILES string of the molecule is CC(=O)NC1=NN(C(C)=O)C(c2cccc(OCCOc3ccc(C)cc3)c2)S1. The highest BCUT2D eigenvalue weighted by Gasteiger charge is 2.32. The number of thioether (sulfide) groups is 1. The summed E-state index contributed by atoms with van der Waals surface area (Å²) < 4.78 is 11.5. The van der Waals surface area contributed by atoms with E-state index in [9.17, 15) is 9.59 Å². The van der Waals surface area contributed by atoms with Crippen LogP contribution in [0.2, 0.25) is 0 Å². The van der Waals surface area contributed by atoms with Crippen LogP contribution in [0.25, 0.3) is 0 Å². The number of rotatable bonds is 6. The number of carbonyl (C=O) groups is 2. The third kappa shape index (κ3) is 5.74. The largest absolute Gasteiger partial charge is 0.490 e. The van der Waals surface area contributed by atoms with Crippen LogP contribution < -0.4 is 14.8 Å². The van der Waals surface area contributed by atoms with Gasteiger partial charge in [0, 0.05) is 13.8 Å². The lowest BCUT2D eigenvalue weighted by Crippen LogP contribution is -2.25. The molecule has 2 aromatic carbocycles. The molecule has 1 aliphatic rings. The van der Waals surface area contributed by atoms with E-state index < -0.39 is 0 Å². The summed E-state index contributed by atoms with van der Waals surface area (Å²) in [7, 11) is 0. The molecule has 1 N–H and O–H groups in total. The summed E-state index contributed by atoms with van der Waals surface area (Å²) in [4.78, 5) is 23.3. The first-order valence-electron chi connectivity index (χ1n) is 9.17. The van der Waals surface area contributed by atoms with Crippen LogP contribution in [0.15, 0.2) is 53.6 Å². The molecule has 0 aromatic heterocycles. The summed E-state index contributed by atoms with van der Waals surface area (Å²) in [5.74, 6) is 1.04. The maximum Gasteiger partial charge on any atom is 0.241 e. The lowest BCUT2D eigenvalue weighted by atomic mass is 10.2. The summed E-state index contributed by atoms with van der Waals surface area (Å²) in [6.45, 7) is 5.68. The fourth-order valence-corrected chi connectivity index (χ4v) is 3.82. The van der Waals surface area contributed by atoms with E-state index in [2.05, 4.69) is 10.4 Å². The first kappa shape index (κ1) is 20.7. The van der Waals surface area contributed by atoms with Crippen molar-refractivity contribution in [1.82, 2.24) is 10.3 Å². The molecule has 0 radical (unpaired) electrons. The van der Waals surface area contributed by atoms with Gasteiger partial charge in [-0.15, -0.1) is 5.10 Å². The molecule has 8 heteroatoms. The monoisotopic (exact) mass is 413 g/mol. The van der Waals surface area contributed by atoms with Gasteiger partial charge in [-0.05, 0) is 36.8 Å². The molecule has 152 valence electrons. The van der Waals surface area contributed by atoms with Crippen molar-refractivity contribution in [3.63, 3.8) is 0 Å². The second kappa shape index (κ2) is 9.47. The van der Waals surface area contributed by atoms with Gasteiger partial charge in [-0.1, -0.05) is 41.6 Å². The zero-order chi connectivity index (χ0) is 20.8. The van der Waals surface area contributed by atoms with Crippen molar-refractivity contribution in [2.75, 3.05) is 13.2 Å². The summed E-state index contributed by atoms with van der Waals surface area (Å²) in [6.07, 6.45) is 0. The van der Waals surface area contributed by atoms with Crippen LogP contribution in [-0.4, -0.2) is 35.2 Å². The Hall–Kier alpha value is -3.00. The van der Waals surface area contributed by atoms with Crippen molar-refractivity contribution in [3.8, 4) is 11.5 Å². The zero-order valence-electron chi connectivity index (χ0n) is 16.5. The van der Waals surface area contributed by atoms with Gasteiger partial charge in [-0.3, -0.25) is 9.59 Å². The molecule has 0 bridgehead atoms. The second-order valence-corrected chi connectivity index (χ2v) is 7.57. The lowest BCUT2D eigenvalue weighted by Gasteiger charge is -2.19. The molecule has 1 atom stereocenters. The molecule has 0 aliphatic carbocycles. The smallest absolute Gasteiger partial charge is 0.241 e. The van der Waals surface area contributed by atoms with Crippen molar-refractivity contribution in [1.29, 1.82) is 0 Å². The zero-order valence-corrected chi connectivity index (χ0v) is 17.4. The number of amides is 2. The average Bonchev–Trinajstić information content (AvgIpc) is 3.10. The van der Waals surface area contributed by atoms with Crippen molar-refractivity contribution in [2.24, 2.45) is 5.10 Å². The van der Waals surface area contributed by atoms with Gasteiger partial charge in [0.05, 0.1) is 0 Å². The van der Waals surface area contributed by atoms with E-state index in [1.807, 2.05) is 55.5 Å². The summed E-state index contributed by atoms with van der Waals surface area (Å²) in [5.41, 5.74) is 2.03. The molecule has 0 fully saturated rings. The van der Waals surface area contributed by atoms with Crippen LogP contribution in [-0.2, 0) is 9.59 Å². The van der Waals surface area contributed by atoms with Gasteiger partial charge in [0.2, 0.25) is 11.8 Å². The fourth-order valence-electron chi connectivity index (χ4n) is 2.69. The van der Waals surface area contributed by atoms with Gasteiger partial charge in [-0.25, -0.2) is 5.01 Å². The molecule has 1 heterocycles. The van der Waals surface area contributed by atoms with Crippen LogP contribution in [0.5, 0.6) is 11.5 Å². The molecule has 0 saturated carbocycles. The first-order valence-corrected chi connectivity index (χ1v) is 10.1. The molecular formula is C21H23N3O4S. The molecule has 1 unspecified atom stereocenters. The van der Waals surface area contributed by atoms with Crippen molar-refractivity contribution in [3.05, 3.63) is 59.7 Å². The Morgan fingerprint density at radius 1 is 1.07 bits per heavy atom. The van der Waals surface area contributed by atoms with Gasteiger partial charge in [0.1, 0.15) is 30.1 Å². The van der Waals surface area contributed by atoms with Crippen LogP contribution in [0.1, 0.15) is 30.3 Å². The number of nitrogens with zero attached hydrogens (tertiary/aromatic N) is 2. The number of hydrazone groups is 1. The highest BCUT2D eigenvalue weighted by molar-refractivity contribution is 8.14. The Morgan fingerprint density at radius 2 is 1.76 bits per heavy atom. The minimum absolute atomic E-state index is 0.208. The van der Waals surface area contributed by atoms with E-state index in [0.29, 0.717) is 24.1 Å². The van der Waals surface area contributed by atoms with Gasteiger partial charge in [-0.2, -0.15) is 0 Å². The first-order chi connectivity index (χ1) is 13.9.